The van der Waals surface area contributed by atoms with Crippen molar-refractivity contribution in [3.8, 4) is 0 Å². The Bertz CT molecular complexity index is 697. The lowest BCUT2D eigenvalue weighted by Gasteiger charge is -2.07. The molecule has 0 saturated heterocycles. The number of carbonyl (C=O) groups is 2. The Balaban J connectivity index is 2.13. The monoisotopic (exact) mass is 360 g/mol. The van der Waals surface area contributed by atoms with Crippen molar-refractivity contribution >= 4 is 33.4 Å². The molecule has 1 aromatic heterocycles. The van der Waals surface area contributed by atoms with Crippen LogP contribution in [0.1, 0.15) is 10.4 Å². The van der Waals surface area contributed by atoms with Gasteiger partial charge >= 0.3 is 0 Å². The van der Waals surface area contributed by atoms with Gasteiger partial charge < -0.3 is 10.1 Å². The summed E-state index contributed by atoms with van der Waals surface area (Å²) >= 11 is 3.26. The van der Waals surface area contributed by atoms with E-state index in [1.54, 1.807) is 42.6 Å². The number of hydrogen-bond acceptors (Lipinski definition) is 4. The predicted octanol–water partition coefficient (Wildman–Crippen LogP) is 3.20. The number of anilines is 1. The van der Waals surface area contributed by atoms with Gasteiger partial charge in [-0.15, -0.1) is 0 Å². The number of hydrogen-bond donors (Lipinski definition) is 1. The molecule has 0 bridgehead atoms. The van der Waals surface area contributed by atoms with Gasteiger partial charge in [-0.2, -0.15) is 0 Å². The van der Waals surface area contributed by atoms with E-state index in [1.165, 1.54) is 7.11 Å². The van der Waals surface area contributed by atoms with Crippen LogP contribution in [0.15, 0.2) is 65.0 Å². The number of halogens is 1. The molecule has 1 heterocycles. The van der Waals surface area contributed by atoms with Gasteiger partial charge in [0.15, 0.2) is 11.5 Å². The van der Waals surface area contributed by atoms with Gasteiger partial charge in [-0.25, -0.2) is 4.98 Å². The SMILES string of the molecule is COC(=CC(=O)c1ccccc1)C(=O)Nc1ccc(Br)cn1. The summed E-state index contributed by atoms with van der Waals surface area (Å²) in [6.45, 7) is 0. The maximum Gasteiger partial charge on any atom is 0.292 e. The summed E-state index contributed by atoms with van der Waals surface area (Å²) < 4.78 is 5.79. The minimum absolute atomic E-state index is 0.0847. The molecule has 0 fully saturated rings. The van der Waals surface area contributed by atoms with Gasteiger partial charge in [0.1, 0.15) is 5.82 Å². The third-order valence-corrected chi connectivity index (χ3v) is 3.20. The number of rotatable bonds is 5. The molecule has 0 spiro atoms. The number of amides is 1. The molecule has 0 aliphatic rings. The molecule has 2 rings (SSSR count). The highest BCUT2D eigenvalue weighted by Gasteiger charge is 2.13. The summed E-state index contributed by atoms with van der Waals surface area (Å²) in [4.78, 5) is 28.2. The van der Waals surface area contributed by atoms with Crippen molar-refractivity contribution in [1.82, 2.24) is 4.98 Å². The van der Waals surface area contributed by atoms with E-state index in [1.807, 2.05) is 6.07 Å². The van der Waals surface area contributed by atoms with Crippen LogP contribution >= 0.6 is 15.9 Å². The lowest BCUT2D eigenvalue weighted by molar-refractivity contribution is -0.115. The van der Waals surface area contributed by atoms with Crippen LogP contribution in [0, 0.1) is 0 Å². The second-order valence-corrected chi connectivity index (χ2v) is 5.17. The average molecular weight is 361 g/mol. The number of nitrogens with zero attached hydrogens (tertiary/aromatic N) is 1. The first-order chi connectivity index (χ1) is 10.6. The van der Waals surface area contributed by atoms with Gasteiger partial charge in [0.2, 0.25) is 0 Å². The first-order valence-corrected chi connectivity index (χ1v) is 7.17. The summed E-state index contributed by atoms with van der Waals surface area (Å²) in [5.41, 5.74) is 0.478. The standard InChI is InChI=1S/C16H13BrN2O3/c1-22-14(9-13(20)11-5-3-2-4-6-11)16(21)19-15-8-7-12(17)10-18-15/h2-10H,1H3,(H,18,19,21). The molecule has 22 heavy (non-hydrogen) atoms. The number of pyridine rings is 1. The predicted molar refractivity (Wildman–Crippen MR) is 86.4 cm³/mol. The van der Waals surface area contributed by atoms with E-state index in [0.29, 0.717) is 11.4 Å². The van der Waals surface area contributed by atoms with Crippen molar-refractivity contribution in [2.75, 3.05) is 12.4 Å². The molecule has 1 aromatic carbocycles. The van der Waals surface area contributed by atoms with Crippen LogP contribution in [0.3, 0.4) is 0 Å². The second kappa shape index (κ2) is 7.51. The van der Waals surface area contributed by atoms with Gasteiger partial charge in [-0.1, -0.05) is 30.3 Å². The summed E-state index contributed by atoms with van der Waals surface area (Å²) in [5.74, 6) is -0.570. The summed E-state index contributed by atoms with van der Waals surface area (Å²) in [6, 6.07) is 12.0. The van der Waals surface area contributed by atoms with Gasteiger partial charge in [0, 0.05) is 22.3 Å². The molecule has 0 aliphatic heterocycles. The lowest BCUT2D eigenvalue weighted by atomic mass is 10.1. The van der Waals surface area contributed by atoms with Crippen LogP contribution in [0.4, 0.5) is 5.82 Å². The lowest BCUT2D eigenvalue weighted by Crippen LogP contribution is -2.17. The van der Waals surface area contributed by atoms with E-state index in [4.69, 9.17) is 4.74 Å². The molecule has 0 aliphatic carbocycles. The van der Waals surface area contributed by atoms with Crippen LogP contribution in [0.2, 0.25) is 0 Å². The number of benzene rings is 1. The molecule has 0 unspecified atom stereocenters. The third-order valence-electron chi connectivity index (χ3n) is 2.73. The maximum absolute atomic E-state index is 12.1. The van der Waals surface area contributed by atoms with Crippen LogP contribution < -0.4 is 5.32 Å². The number of methoxy groups -OCH3 is 1. The fraction of sp³-hybridized carbons (Fsp3) is 0.0625. The quantitative estimate of drug-likeness (QED) is 0.505. The zero-order valence-corrected chi connectivity index (χ0v) is 13.3. The summed E-state index contributed by atoms with van der Waals surface area (Å²) in [5, 5.41) is 2.56. The molecule has 0 radical (unpaired) electrons. The second-order valence-electron chi connectivity index (χ2n) is 4.26. The van der Waals surface area contributed by atoms with Crippen LogP contribution in [0.25, 0.3) is 0 Å². The molecule has 2 aromatic rings. The first kappa shape index (κ1) is 15.9. The normalized spacial score (nSPS) is 10.9. The van der Waals surface area contributed by atoms with Gasteiger partial charge in [-0.05, 0) is 28.1 Å². The van der Waals surface area contributed by atoms with Crippen molar-refractivity contribution in [1.29, 1.82) is 0 Å². The van der Waals surface area contributed by atoms with Crippen LogP contribution in [-0.4, -0.2) is 23.8 Å². The molecular formula is C16H13BrN2O3. The third kappa shape index (κ3) is 4.26. The maximum atomic E-state index is 12.1. The fourth-order valence-corrected chi connectivity index (χ4v) is 1.88. The highest BCUT2D eigenvalue weighted by Crippen LogP contribution is 2.12. The fourth-order valence-electron chi connectivity index (χ4n) is 1.65. The Morgan fingerprint density at radius 1 is 1.18 bits per heavy atom. The number of carbonyl (C=O) groups excluding carboxylic acids is 2. The van der Waals surface area contributed by atoms with Crippen LogP contribution in [0.5, 0.6) is 0 Å². The summed E-state index contributed by atoms with van der Waals surface area (Å²) in [7, 11) is 1.33. The van der Waals surface area contributed by atoms with Gasteiger partial charge in [0.25, 0.3) is 5.91 Å². The van der Waals surface area contributed by atoms with Gasteiger partial charge in [-0.3, -0.25) is 9.59 Å². The Morgan fingerprint density at radius 3 is 2.50 bits per heavy atom. The Labute approximate surface area is 136 Å². The number of ketones is 1. The number of nitrogens with one attached hydrogen (secondary N) is 1. The minimum atomic E-state index is -0.540. The zero-order valence-electron chi connectivity index (χ0n) is 11.7. The Hall–Kier alpha value is -2.47. The zero-order chi connectivity index (χ0) is 15.9. The molecule has 112 valence electrons. The van der Waals surface area contributed by atoms with E-state index >= 15 is 0 Å². The van der Waals surface area contributed by atoms with Crippen molar-refractivity contribution in [3.63, 3.8) is 0 Å². The summed E-state index contributed by atoms with van der Waals surface area (Å²) in [6.07, 6.45) is 2.71. The largest absolute Gasteiger partial charge is 0.491 e. The molecule has 1 N–H and O–H groups in total. The van der Waals surface area contributed by atoms with E-state index in [0.717, 1.165) is 10.5 Å². The smallest absolute Gasteiger partial charge is 0.292 e. The Morgan fingerprint density at radius 2 is 1.91 bits per heavy atom. The van der Waals surface area contributed by atoms with Crippen molar-refractivity contribution in [2.45, 2.75) is 0 Å². The molecule has 0 atom stereocenters. The molecule has 1 amide bonds. The van der Waals surface area contributed by atoms with Crippen molar-refractivity contribution in [3.05, 3.63) is 70.5 Å². The van der Waals surface area contributed by atoms with E-state index < -0.39 is 5.91 Å². The number of allylic oxidation sites excluding steroid dienone is 1. The molecular weight excluding hydrogens is 348 g/mol. The molecule has 5 nitrogen and oxygen atoms in total. The Kier molecular flexibility index (Phi) is 5.43. The number of aromatic nitrogens is 1. The molecule has 6 heteroatoms. The van der Waals surface area contributed by atoms with Gasteiger partial charge in [0.05, 0.1) is 7.11 Å². The topological polar surface area (TPSA) is 68.3 Å². The van der Waals surface area contributed by atoms with Crippen molar-refractivity contribution < 1.29 is 14.3 Å². The minimum Gasteiger partial charge on any atom is -0.491 e. The van der Waals surface area contributed by atoms with E-state index in [-0.39, 0.29) is 11.5 Å². The molecule has 0 saturated carbocycles. The van der Waals surface area contributed by atoms with Crippen molar-refractivity contribution in [2.24, 2.45) is 0 Å². The van der Waals surface area contributed by atoms with Crippen LogP contribution in [-0.2, 0) is 9.53 Å². The average Bonchev–Trinajstić information content (AvgIpc) is 2.55. The number of ether oxygens (including phenoxy) is 1. The first-order valence-electron chi connectivity index (χ1n) is 6.38. The highest BCUT2D eigenvalue weighted by atomic mass is 79.9. The van der Waals surface area contributed by atoms with E-state index in [9.17, 15) is 9.59 Å². The van der Waals surface area contributed by atoms with E-state index in [2.05, 4.69) is 26.2 Å². The highest BCUT2D eigenvalue weighted by molar-refractivity contribution is 9.10.